The van der Waals surface area contributed by atoms with Gasteiger partial charge < -0.3 is 10.2 Å². The third-order valence-electron chi connectivity index (χ3n) is 4.18. The summed E-state index contributed by atoms with van der Waals surface area (Å²) in [7, 11) is 0. The smallest absolute Gasteiger partial charge is 0.220 e. The number of hydrogen-bond acceptors (Lipinski definition) is 2. The first-order valence-corrected chi connectivity index (χ1v) is 7.81. The number of nitrogens with zero attached hydrogens (tertiary/aromatic N) is 1. The van der Waals surface area contributed by atoms with Crippen molar-refractivity contribution in [2.24, 2.45) is 5.92 Å². The molecular formula is C17H23FN2O2. The monoisotopic (exact) mass is 306 g/mol. The number of piperidine rings is 1. The summed E-state index contributed by atoms with van der Waals surface area (Å²) in [5.41, 5.74) is 0.838. The van der Waals surface area contributed by atoms with Crippen molar-refractivity contribution in [1.82, 2.24) is 10.2 Å². The van der Waals surface area contributed by atoms with E-state index < -0.39 is 0 Å². The van der Waals surface area contributed by atoms with E-state index in [0.717, 1.165) is 31.5 Å². The standard InChI is InChI=1S/C17H23FN2O2/c1-13(21)20-9-7-15(8-10-20)12-19-17(22)6-5-14-3-2-4-16(18)11-14/h2-4,11,15H,5-10,12H2,1H3,(H,19,22). The number of benzene rings is 1. The van der Waals surface area contributed by atoms with Crippen molar-refractivity contribution in [3.8, 4) is 0 Å². The Balaban J connectivity index is 1.65. The topological polar surface area (TPSA) is 49.4 Å². The van der Waals surface area contributed by atoms with E-state index in [-0.39, 0.29) is 17.6 Å². The summed E-state index contributed by atoms with van der Waals surface area (Å²) in [6, 6.07) is 6.35. The van der Waals surface area contributed by atoms with E-state index in [2.05, 4.69) is 5.32 Å². The van der Waals surface area contributed by atoms with Crippen LogP contribution in [-0.2, 0) is 16.0 Å². The molecule has 22 heavy (non-hydrogen) atoms. The molecule has 120 valence electrons. The minimum Gasteiger partial charge on any atom is -0.356 e. The average molecular weight is 306 g/mol. The van der Waals surface area contributed by atoms with Gasteiger partial charge in [-0.3, -0.25) is 9.59 Å². The van der Waals surface area contributed by atoms with Crippen molar-refractivity contribution in [2.45, 2.75) is 32.6 Å². The third-order valence-corrected chi connectivity index (χ3v) is 4.18. The van der Waals surface area contributed by atoms with Gasteiger partial charge in [0.25, 0.3) is 0 Å². The van der Waals surface area contributed by atoms with Crippen molar-refractivity contribution >= 4 is 11.8 Å². The predicted molar refractivity (Wildman–Crippen MR) is 82.7 cm³/mol. The highest BCUT2D eigenvalue weighted by atomic mass is 19.1. The normalized spacial score (nSPS) is 15.6. The highest BCUT2D eigenvalue weighted by molar-refractivity contribution is 5.76. The van der Waals surface area contributed by atoms with Gasteiger partial charge in [0.15, 0.2) is 0 Å². The zero-order valence-electron chi connectivity index (χ0n) is 13.0. The Labute approximate surface area is 130 Å². The first-order chi connectivity index (χ1) is 10.5. The fourth-order valence-electron chi connectivity index (χ4n) is 2.75. The molecule has 0 aliphatic carbocycles. The predicted octanol–water partition coefficient (Wildman–Crippen LogP) is 2.13. The van der Waals surface area contributed by atoms with Crippen LogP contribution in [0.25, 0.3) is 0 Å². The SMILES string of the molecule is CC(=O)N1CCC(CNC(=O)CCc2cccc(F)c2)CC1. The molecule has 1 saturated heterocycles. The van der Waals surface area contributed by atoms with Crippen molar-refractivity contribution in [2.75, 3.05) is 19.6 Å². The molecule has 1 N–H and O–H groups in total. The lowest BCUT2D eigenvalue weighted by Crippen LogP contribution is -2.40. The molecule has 1 aromatic carbocycles. The second-order valence-electron chi connectivity index (χ2n) is 5.88. The Hall–Kier alpha value is -1.91. The molecule has 1 aromatic rings. The largest absolute Gasteiger partial charge is 0.356 e. The lowest BCUT2D eigenvalue weighted by molar-refractivity contribution is -0.130. The Morgan fingerprint density at radius 2 is 2.05 bits per heavy atom. The average Bonchev–Trinajstić information content (AvgIpc) is 2.51. The van der Waals surface area contributed by atoms with E-state index >= 15 is 0 Å². The molecule has 0 atom stereocenters. The fraction of sp³-hybridized carbons (Fsp3) is 0.529. The van der Waals surface area contributed by atoms with Gasteiger partial charge in [0.2, 0.25) is 11.8 Å². The van der Waals surface area contributed by atoms with Gasteiger partial charge in [0.05, 0.1) is 0 Å². The number of amides is 2. The molecule has 1 heterocycles. The summed E-state index contributed by atoms with van der Waals surface area (Å²) in [5.74, 6) is 0.291. The Kier molecular flexibility index (Phi) is 5.92. The number of hydrogen-bond donors (Lipinski definition) is 1. The number of aryl methyl sites for hydroxylation is 1. The van der Waals surface area contributed by atoms with Gasteiger partial charge in [-0.15, -0.1) is 0 Å². The van der Waals surface area contributed by atoms with Crippen molar-refractivity contribution < 1.29 is 14.0 Å². The maximum atomic E-state index is 13.0. The quantitative estimate of drug-likeness (QED) is 0.906. The van der Waals surface area contributed by atoms with Crippen molar-refractivity contribution in [1.29, 1.82) is 0 Å². The molecule has 2 rings (SSSR count). The molecule has 4 nitrogen and oxygen atoms in total. The van der Waals surface area contributed by atoms with Crippen LogP contribution in [0.5, 0.6) is 0 Å². The third kappa shape index (κ3) is 5.13. The highest BCUT2D eigenvalue weighted by Gasteiger charge is 2.20. The van der Waals surface area contributed by atoms with E-state index in [1.54, 1.807) is 13.0 Å². The van der Waals surface area contributed by atoms with E-state index in [0.29, 0.717) is 25.3 Å². The Morgan fingerprint density at radius 1 is 1.32 bits per heavy atom. The zero-order valence-corrected chi connectivity index (χ0v) is 13.0. The van der Waals surface area contributed by atoms with Gasteiger partial charge in [0, 0.05) is 33.0 Å². The highest BCUT2D eigenvalue weighted by Crippen LogP contribution is 2.16. The number of nitrogens with one attached hydrogen (secondary N) is 1. The lowest BCUT2D eigenvalue weighted by Gasteiger charge is -2.31. The summed E-state index contributed by atoms with van der Waals surface area (Å²) < 4.78 is 13.0. The number of carbonyl (C=O) groups is 2. The van der Waals surface area contributed by atoms with Crippen LogP contribution in [0.15, 0.2) is 24.3 Å². The van der Waals surface area contributed by atoms with Crippen LogP contribution in [0, 0.1) is 11.7 Å². The van der Waals surface area contributed by atoms with Gasteiger partial charge in [-0.05, 0) is 42.9 Å². The number of halogens is 1. The van der Waals surface area contributed by atoms with Gasteiger partial charge >= 0.3 is 0 Å². The van der Waals surface area contributed by atoms with Crippen LogP contribution in [0.1, 0.15) is 31.7 Å². The number of carbonyl (C=O) groups excluding carboxylic acids is 2. The molecule has 0 spiro atoms. The Morgan fingerprint density at radius 3 is 2.68 bits per heavy atom. The van der Waals surface area contributed by atoms with Crippen LogP contribution in [-0.4, -0.2) is 36.3 Å². The molecule has 0 aromatic heterocycles. The molecule has 1 aliphatic heterocycles. The summed E-state index contributed by atoms with van der Waals surface area (Å²) >= 11 is 0. The number of likely N-dealkylation sites (tertiary alicyclic amines) is 1. The van der Waals surface area contributed by atoms with E-state index in [4.69, 9.17) is 0 Å². The first kappa shape index (κ1) is 16.5. The fourth-order valence-corrected chi connectivity index (χ4v) is 2.75. The molecule has 0 unspecified atom stereocenters. The van der Waals surface area contributed by atoms with Gasteiger partial charge in [0.1, 0.15) is 5.82 Å². The molecule has 0 radical (unpaired) electrons. The molecule has 1 fully saturated rings. The summed E-state index contributed by atoms with van der Waals surface area (Å²) in [5, 5.41) is 2.95. The summed E-state index contributed by atoms with van der Waals surface area (Å²) in [6.45, 7) is 3.81. The molecule has 0 bridgehead atoms. The summed E-state index contributed by atoms with van der Waals surface area (Å²) in [6.07, 6.45) is 2.79. The van der Waals surface area contributed by atoms with E-state index in [9.17, 15) is 14.0 Å². The van der Waals surface area contributed by atoms with Gasteiger partial charge in [-0.1, -0.05) is 12.1 Å². The van der Waals surface area contributed by atoms with Crippen LogP contribution < -0.4 is 5.32 Å². The van der Waals surface area contributed by atoms with Crippen LogP contribution >= 0.6 is 0 Å². The van der Waals surface area contributed by atoms with Gasteiger partial charge in [-0.25, -0.2) is 4.39 Å². The first-order valence-electron chi connectivity index (χ1n) is 7.81. The van der Waals surface area contributed by atoms with Crippen molar-refractivity contribution in [3.05, 3.63) is 35.6 Å². The summed E-state index contributed by atoms with van der Waals surface area (Å²) in [4.78, 5) is 24.9. The molecular weight excluding hydrogens is 283 g/mol. The molecule has 2 amide bonds. The van der Waals surface area contributed by atoms with Crippen LogP contribution in [0.2, 0.25) is 0 Å². The minimum atomic E-state index is -0.268. The maximum absolute atomic E-state index is 13.0. The van der Waals surface area contributed by atoms with E-state index in [1.807, 2.05) is 11.0 Å². The van der Waals surface area contributed by atoms with Crippen LogP contribution in [0.3, 0.4) is 0 Å². The molecule has 1 aliphatic rings. The van der Waals surface area contributed by atoms with Gasteiger partial charge in [-0.2, -0.15) is 0 Å². The zero-order chi connectivity index (χ0) is 15.9. The van der Waals surface area contributed by atoms with E-state index in [1.165, 1.54) is 12.1 Å². The lowest BCUT2D eigenvalue weighted by atomic mass is 9.96. The Bertz CT molecular complexity index is 525. The van der Waals surface area contributed by atoms with Crippen LogP contribution in [0.4, 0.5) is 4.39 Å². The molecule has 0 saturated carbocycles. The number of rotatable bonds is 5. The van der Waals surface area contributed by atoms with Crippen molar-refractivity contribution in [3.63, 3.8) is 0 Å². The second kappa shape index (κ2) is 7.92. The second-order valence-corrected chi connectivity index (χ2v) is 5.88. The maximum Gasteiger partial charge on any atom is 0.220 e. The minimum absolute atomic E-state index is 0.00161. The molecule has 5 heteroatoms.